The summed E-state index contributed by atoms with van der Waals surface area (Å²) in [5.41, 5.74) is -0.698. The highest BCUT2D eigenvalue weighted by Crippen LogP contribution is 2.31. The van der Waals surface area contributed by atoms with E-state index >= 15 is 0 Å². The van der Waals surface area contributed by atoms with E-state index in [1.807, 2.05) is 0 Å². The van der Waals surface area contributed by atoms with Crippen LogP contribution in [0.4, 0.5) is 0 Å². The average Bonchev–Trinajstić information content (AvgIpc) is 2.27. The minimum atomic E-state index is -1.29. The summed E-state index contributed by atoms with van der Waals surface area (Å²) in [4.78, 5) is 11.4. The van der Waals surface area contributed by atoms with Crippen molar-refractivity contribution in [3.05, 3.63) is 34.9 Å². The number of hydrogen-bond acceptors (Lipinski definition) is 3. The lowest BCUT2D eigenvalue weighted by Crippen LogP contribution is -2.35. The van der Waals surface area contributed by atoms with Gasteiger partial charge in [0.1, 0.15) is 0 Å². The maximum absolute atomic E-state index is 11.4. The topological polar surface area (TPSA) is 46.5 Å². The lowest BCUT2D eigenvalue weighted by atomic mass is 9.84. The number of hydrogen-bond donors (Lipinski definition) is 1. The molecule has 0 radical (unpaired) electrons. The summed E-state index contributed by atoms with van der Waals surface area (Å²) >= 11 is 5.84. The van der Waals surface area contributed by atoms with Gasteiger partial charge in [-0.1, -0.05) is 23.7 Å². The van der Waals surface area contributed by atoms with Crippen LogP contribution < -0.4 is 0 Å². The Balaban J connectivity index is 3.05. The van der Waals surface area contributed by atoms with Gasteiger partial charge in [-0.3, -0.25) is 4.79 Å². The fourth-order valence-electron chi connectivity index (χ4n) is 1.46. The highest BCUT2D eigenvalue weighted by Gasteiger charge is 2.36. The SMILES string of the molecule is COC(=O)C(C)C(C)(O)c1cccc(Cl)c1. The summed E-state index contributed by atoms with van der Waals surface area (Å²) in [6.07, 6.45) is 0. The van der Waals surface area contributed by atoms with Crippen molar-refractivity contribution in [2.24, 2.45) is 5.92 Å². The van der Waals surface area contributed by atoms with E-state index in [0.29, 0.717) is 10.6 Å². The predicted octanol–water partition coefficient (Wildman–Crippen LogP) is 2.36. The molecule has 88 valence electrons. The normalized spacial score (nSPS) is 16.3. The van der Waals surface area contributed by atoms with Crippen LogP contribution in [-0.2, 0) is 15.1 Å². The van der Waals surface area contributed by atoms with E-state index < -0.39 is 17.5 Å². The molecule has 0 aliphatic heterocycles. The van der Waals surface area contributed by atoms with Gasteiger partial charge in [0.25, 0.3) is 0 Å². The molecule has 0 saturated heterocycles. The zero-order valence-electron chi connectivity index (χ0n) is 9.53. The Bertz CT molecular complexity index is 388. The second-order valence-corrected chi connectivity index (χ2v) is 4.34. The van der Waals surface area contributed by atoms with Gasteiger partial charge in [-0.15, -0.1) is 0 Å². The molecule has 1 aromatic carbocycles. The van der Waals surface area contributed by atoms with Crippen molar-refractivity contribution < 1.29 is 14.6 Å². The Kier molecular flexibility index (Phi) is 3.94. The van der Waals surface area contributed by atoms with Gasteiger partial charge < -0.3 is 9.84 Å². The van der Waals surface area contributed by atoms with Crippen molar-refractivity contribution in [2.75, 3.05) is 7.11 Å². The van der Waals surface area contributed by atoms with Crippen molar-refractivity contribution >= 4 is 17.6 Å². The first-order valence-corrected chi connectivity index (χ1v) is 5.33. The molecule has 16 heavy (non-hydrogen) atoms. The van der Waals surface area contributed by atoms with Gasteiger partial charge in [-0.25, -0.2) is 0 Å². The first-order chi connectivity index (χ1) is 7.39. The van der Waals surface area contributed by atoms with E-state index in [1.165, 1.54) is 7.11 Å². The summed E-state index contributed by atoms with van der Waals surface area (Å²) in [5.74, 6) is -1.11. The van der Waals surface area contributed by atoms with Crippen LogP contribution in [0.1, 0.15) is 19.4 Å². The van der Waals surface area contributed by atoms with Crippen molar-refractivity contribution in [3.63, 3.8) is 0 Å². The fourth-order valence-corrected chi connectivity index (χ4v) is 1.65. The number of carbonyl (C=O) groups excluding carboxylic acids is 1. The Morgan fingerprint density at radius 2 is 2.19 bits per heavy atom. The number of carbonyl (C=O) groups is 1. The number of rotatable bonds is 3. The molecular weight excluding hydrogens is 228 g/mol. The largest absolute Gasteiger partial charge is 0.469 e. The third-order valence-electron chi connectivity index (χ3n) is 2.81. The van der Waals surface area contributed by atoms with Crippen LogP contribution in [0.3, 0.4) is 0 Å². The molecular formula is C12H15ClO3. The van der Waals surface area contributed by atoms with Gasteiger partial charge in [0.05, 0.1) is 18.6 Å². The maximum atomic E-state index is 11.4. The number of halogens is 1. The quantitative estimate of drug-likeness (QED) is 0.828. The summed E-state index contributed by atoms with van der Waals surface area (Å²) in [7, 11) is 1.30. The van der Waals surface area contributed by atoms with E-state index in [4.69, 9.17) is 11.6 Å². The maximum Gasteiger partial charge on any atom is 0.311 e. The molecule has 1 rings (SSSR count). The predicted molar refractivity (Wildman–Crippen MR) is 62.2 cm³/mol. The van der Waals surface area contributed by atoms with Crippen molar-refractivity contribution in [2.45, 2.75) is 19.4 Å². The molecule has 0 heterocycles. The first kappa shape index (κ1) is 13.0. The zero-order chi connectivity index (χ0) is 12.3. The van der Waals surface area contributed by atoms with Crippen LogP contribution in [0.25, 0.3) is 0 Å². The monoisotopic (exact) mass is 242 g/mol. The number of aliphatic hydroxyl groups is 1. The zero-order valence-corrected chi connectivity index (χ0v) is 10.3. The Morgan fingerprint density at radius 1 is 1.56 bits per heavy atom. The third-order valence-corrected chi connectivity index (χ3v) is 3.04. The Hall–Kier alpha value is -1.06. The molecule has 0 aliphatic carbocycles. The second kappa shape index (κ2) is 4.85. The van der Waals surface area contributed by atoms with Crippen molar-refractivity contribution in [1.82, 2.24) is 0 Å². The molecule has 0 aliphatic rings. The highest BCUT2D eigenvalue weighted by atomic mass is 35.5. The van der Waals surface area contributed by atoms with Crippen LogP contribution in [0, 0.1) is 5.92 Å². The molecule has 0 spiro atoms. The van der Waals surface area contributed by atoms with E-state index in [2.05, 4.69) is 4.74 Å². The lowest BCUT2D eigenvalue weighted by Gasteiger charge is -2.29. The molecule has 1 aromatic rings. The van der Waals surface area contributed by atoms with Gasteiger partial charge in [-0.05, 0) is 31.5 Å². The molecule has 0 amide bonds. The summed E-state index contributed by atoms with van der Waals surface area (Å²) in [6, 6.07) is 6.81. The molecule has 2 unspecified atom stereocenters. The van der Waals surface area contributed by atoms with Gasteiger partial charge in [0.2, 0.25) is 0 Å². The molecule has 1 N–H and O–H groups in total. The second-order valence-electron chi connectivity index (χ2n) is 3.90. The minimum Gasteiger partial charge on any atom is -0.469 e. The number of esters is 1. The lowest BCUT2D eigenvalue weighted by molar-refractivity contribution is -0.154. The molecule has 4 heteroatoms. The van der Waals surface area contributed by atoms with Gasteiger partial charge in [0.15, 0.2) is 0 Å². The van der Waals surface area contributed by atoms with E-state index in [1.54, 1.807) is 38.1 Å². The van der Waals surface area contributed by atoms with Crippen molar-refractivity contribution in [3.8, 4) is 0 Å². The standard InChI is InChI=1S/C12H15ClO3/c1-8(11(14)16-3)12(2,15)9-5-4-6-10(13)7-9/h4-8,15H,1-3H3. The number of benzene rings is 1. The molecule has 0 fully saturated rings. The van der Waals surface area contributed by atoms with E-state index in [0.717, 1.165) is 0 Å². The average molecular weight is 243 g/mol. The molecule has 0 aromatic heterocycles. The fraction of sp³-hybridized carbons (Fsp3) is 0.417. The van der Waals surface area contributed by atoms with Crippen molar-refractivity contribution in [1.29, 1.82) is 0 Å². The molecule has 3 nitrogen and oxygen atoms in total. The minimum absolute atomic E-state index is 0.454. The number of methoxy groups -OCH3 is 1. The van der Waals surface area contributed by atoms with Crippen LogP contribution in [0.15, 0.2) is 24.3 Å². The van der Waals surface area contributed by atoms with Gasteiger partial charge in [-0.2, -0.15) is 0 Å². The molecule has 2 atom stereocenters. The van der Waals surface area contributed by atoms with Crippen LogP contribution in [0.2, 0.25) is 5.02 Å². The Morgan fingerprint density at radius 3 is 2.69 bits per heavy atom. The van der Waals surface area contributed by atoms with Crippen LogP contribution in [0.5, 0.6) is 0 Å². The van der Waals surface area contributed by atoms with E-state index in [9.17, 15) is 9.90 Å². The smallest absolute Gasteiger partial charge is 0.311 e. The van der Waals surface area contributed by atoms with Crippen LogP contribution >= 0.6 is 11.6 Å². The van der Waals surface area contributed by atoms with E-state index in [-0.39, 0.29) is 0 Å². The number of ether oxygens (including phenoxy) is 1. The summed E-state index contributed by atoms with van der Waals surface area (Å²) < 4.78 is 4.62. The Labute approximate surface area is 100.0 Å². The van der Waals surface area contributed by atoms with Gasteiger partial charge >= 0.3 is 5.97 Å². The van der Waals surface area contributed by atoms with Crippen LogP contribution in [-0.4, -0.2) is 18.2 Å². The summed E-state index contributed by atoms with van der Waals surface area (Å²) in [6.45, 7) is 3.19. The molecule has 0 bridgehead atoms. The van der Waals surface area contributed by atoms with Gasteiger partial charge in [0, 0.05) is 5.02 Å². The first-order valence-electron chi connectivity index (χ1n) is 4.96. The highest BCUT2D eigenvalue weighted by molar-refractivity contribution is 6.30. The third kappa shape index (κ3) is 2.54. The molecule has 0 saturated carbocycles. The summed E-state index contributed by atoms with van der Waals surface area (Å²) in [5, 5.41) is 10.8.